The molecule has 0 aliphatic carbocycles. The number of methoxy groups -OCH3 is 1. The van der Waals surface area contributed by atoms with E-state index in [4.69, 9.17) is 9.47 Å². The Morgan fingerprint density at radius 3 is 2.68 bits per heavy atom. The fraction of sp³-hybridized carbons (Fsp3) is 0.286. The van der Waals surface area contributed by atoms with Gasteiger partial charge in [-0.3, -0.25) is 0 Å². The maximum Gasteiger partial charge on any atom is 0.128 e. The first-order valence-corrected chi connectivity index (χ1v) is 6.72. The molecular formula is C14H15BrN2O2. The number of hydrogen-bond donors (Lipinski definition) is 0. The van der Waals surface area contributed by atoms with Crippen molar-refractivity contribution in [2.75, 3.05) is 20.3 Å². The molecule has 0 aliphatic heterocycles. The summed E-state index contributed by atoms with van der Waals surface area (Å²) in [5.41, 5.74) is 1.79. The molecule has 5 heteroatoms. The zero-order valence-corrected chi connectivity index (χ0v) is 12.5. The summed E-state index contributed by atoms with van der Waals surface area (Å²) in [5, 5.41) is 0. The minimum Gasteiger partial charge on any atom is -0.490 e. The summed E-state index contributed by atoms with van der Waals surface area (Å²) in [5.74, 6) is 1.51. The van der Waals surface area contributed by atoms with Crippen LogP contribution in [0.3, 0.4) is 0 Å². The van der Waals surface area contributed by atoms with Crippen LogP contribution in [0.2, 0.25) is 0 Å². The molecule has 0 atom stereocenters. The zero-order valence-electron chi connectivity index (χ0n) is 10.9. The molecule has 0 aliphatic rings. The first-order chi connectivity index (χ1) is 9.20. The van der Waals surface area contributed by atoms with Crippen molar-refractivity contribution < 1.29 is 9.47 Å². The Morgan fingerprint density at radius 2 is 1.95 bits per heavy atom. The molecule has 1 aromatic carbocycles. The molecule has 2 rings (SSSR count). The molecule has 0 radical (unpaired) electrons. The average molecular weight is 323 g/mol. The van der Waals surface area contributed by atoms with Gasteiger partial charge in [-0.2, -0.15) is 0 Å². The molecule has 0 spiro atoms. The third kappa shape index (κ3) is 3.75. The second-order valence-electron chi connectivity index (χ2n) is 3.96. The van der Waals surface area contributed by atoms with E-state index in [2.05, 4.69) is 25.9 Å². The number of halogens is 1. The van der Waals surface area contributed by atoms with Crippen LogP contribution >= 0.6 is 15.9 Å². The molecule has 4 nitrogen and oxygen atoms in total. The van der Waals surface area contributed by atoms with E-state index in [0.29, 0.717) is 13.2 Å². The normalized spacial score (nSPS) is 10.5. The van der Waals surface area contributed by atoms with Crippen LogP contribution in [0.1, 0.15) is 5.82 Å². The Balaban J connectivity index is 2.32. The highest BCUT2D eigenvalue weighted by Gasteiger charge is 2.09. The van der Waals surface area contributed by atoms with E-state index in [-0.39, 0.29) is 0 Å². The SMILES string of the molecule is COCCOc1ccccc1-c1cc(Br)nc(C)n1. The molecule has 0 saturated carbocycles. The fourth-order valence-electron chi connectivity index (χ4n) is 1.71. The van der Waals surface area contributed by atoms with Gasteiger partial charge in [-0.05, 0) is 41.1 Å². The summed E-state index contributed by atoms with van der Waals surface area (Å²) in [6.45, 7) is 2.93. The summed E-state index contributed by atoms with van der Waals surface area (Å²) in [6.07, 6.45) is 0. The first-order valence-electron chi connectivity index (χ1n) is 5.93. The van der Waals surface area contributed by atoms with E-state index in [0.717, 1.165) is 27.4 Å². The van der Waals surface area contributed by atoms with E-state index in [1.54, 1.807) is 7.11 Å². The highest BCUT2D eigenvalue weighted by atomic mass is 79.9. The van der Waals surface area contributed by atoms with Gasteiger partial charge in [-0.15, -0.1) is 0 Å². The van der Waals surface area contributed by atoms with Crippen molar-refractivity contribution in [2.24, 2.45) is 0 Å². The summed E-state index contributed by atoms with van der Waals surface area (Å²) in [4.78, 5) is 8.65. The average Bonchev–Trinajstić information content (AvgIpc) is 2.38. The van der Waals surface area contributed by atoms with Crippen molar-refractivity contribution in [1.82, 2.24) is 9.97 Å². The Bertz CT molecular complexity index is 541. The van der Waals surface area contributed by atoms with Crippen molar-refractivity contribution in [3.05, 3.63) is 40.8 Å². The zero-order chi connectivity index (χ0) is 13.7. The Hall–Kier alpha value is -1.46. The van der Waals surface area contributed by atoms with Crippen molar-refractivity contribution in [2.45, 2.75) is 6.92 Å². The van der Waals surface area contributed by atoms with Gasteiger partial charge in [0.25, 0.3) is 0 Å². The molecular weight excluding hydrogens is 308 g/mol. The largest absolute Gasteiger partial charge is 0.490 e. The maximum atomic E-state index is 5.71. The standard InChI is InChI=1S/C14H15BrN2O2/c1-10-16-12(9-14(15)17-10)11-5-3-4-6-13(11)19-8-7-18-2/h3-6,9H,7-8H2,1-2H3. The monoisotopic (exact) mass is 322 g/mol. The van der Waals surface area contributed by atoms with Crippen molar-refractivity contribution in [1.29, 1.82) is 0 Å². The fourth-order valence-corrected chi connectivity index (χ4v) is 2.18. The summed E-state index contributed by atoms with van der Waals surface area (Å²) in [6, 6.07) is 9.69. The van der Waals surface area contributed by atoms with E-state index in [1.807, 2.05) is 37.3 Å². The lowest BCUT2D eigenvalue weighted by Gasteiger charge is -2.11. The number of rotatable bonds is 5. The second kappa shape index (κ2) is 6.63. The lowest BCUT2D eigenvalue weighted by molar-refractivity contribution is 0.146. The number of aromatic nitrogens is 2. The van der Waals surface area contributed by atoms with E-state index < -0.39 is 0 Å². The lowest BCUT2D eigenvalue weighted by Crippen LogP contribution is -2.05. The number of nitrogens with zero attached hydrogens (tertiary/aromatic N) is 2. The third-order valence-electron chi connectivity index (χ3n) is 2.51. The number of aryl methyl sites for hydroxylation is 1. The van der Waals surface area contributed by atoms with Crippen molar-refractivity contribution in [3.63, 3.8) is 0 Å². The van der Waals surface area contributed by atoms with Crippen molar-refractivity contribution in [3.8, 4) is 17.0 Å². The Morgan fingerprint density at radius 1 is 1.16 bits per heavy atom. The Labute approximate surface area is 120 Å². The van der Waals surface area contributed by atoms with Gasteiger partial charge in [0.1, 0.15) is 22.8 Å². The van der Waals surface area contributed by atoms with Gasteiger partial charge in [0.2, 0.25) is 0 Å². The van der Waals surface area contributed by atoms with Gasteiger partial charge in [0.05, 0.1) is 12.3 Å². The molecule has 2 aromatic rings. The quantitative estimate of drug-likeness (QED) is 0.626. The molecule has 1 aromatic heterocycles. The molecule has 0 unspecified atom stereocenters. The number of hydrogen-bond acceptors (Lipinski definition) is 4. The molecule has 1 heterocycles. The molecule has 0 N–H and O–H groups in total. The predicted octanol–water partition coefficient (Wildman–Crippen LogP) is 3.24. The van der Waals surface area contributed by atoms with E-state index in [1.165, 1.54) is 0 Å². The van der Waals surface area contributed by atoms with Crippen LogP contribution in [0.5, 0.6) is 5.75 Å². The highest BCUT2D eigenvalue weighted by Crippen LogP contribution is 2.29. The van der Waals surface area contributed by atoms with Crippen LogP contribution in [0.25, 0.3) is 11.3 Å². The maximum absolute atomic E-state index is 5.71. The Kier molecular flexibility index (Phi) is 4.87. The third-order valence-corrected chi connectivity index (χ3v) is 2.92. The first kappa shape index (κ1) is 14.0. The minimum atomic E-state index is 0.513. The second-order valence-corrected chi connectivity index (χ2v) is 4.77. The van der Waals surface area contributed by atoms with Gasteiger partial charge < -0.3 is 9.47 Å². The van der Waals surface area contributed by atoms with Crippen LogP contribution in [-0.4, -0.2) is 30.3 Å². The van der Waals surface area contributed by atoms with Crippen LogP contribution in [-0.2, 0) is 4.74 Å². The van der Waals surface area contributed by atoms with Crippen LogP contribution in [0.4, 0.5) is 0 Å². The number of benzene rings is 1. The topological polar surface area (TPSA) is 44.2 Å². The highest BCUT2D eigenvalue weighted by molar-refractivity contribution is 9.10. The van der Waals surface area contributed by atoms with Gasteiger partial charge in [-0.1, -0.05) is 12.1 Å². The summed E-state index contributed by atoms with van der Waals surface area (Å²) < 4.78 is 11.5. The van der Waals surface area contributed by atoms with E-state index >= 15 is 0 Å². The minimum absolute atomic E-state index is 0.513. The molecule has 19 heavy (non-hydrogen) atoms. The summed E-state index contributed by atoms with van der Waals surface area (Å²) >= 11 is 3.39. The predicted molar refractivity (Wildman–Crippen MR) is 77.3 cm³/mol. The smallest absolute Gasteiger partial charge is 0.128 e. The van der Waals surface area contributed by atoms with Crippen LogP contribution in [0.15, 0.2) is 34.9 Å². The molecule has 0 bridgehead atoms. The van der Waals surface area contributed by atoms with Gasteiger partial charge in [0.15, 0.2) is 0 Å². The molecule has 100 valence electrons. The lowest BCUT2D eigenvalue weighted by atomic mass is 10.1. The van der Waals surface area contributed by atoms with Gasteiger partial charge in [-0.25, -0.2) is 9.97 Å². The van der Waals surface area contributed by atoms with Crippen LogP contribution in [0, 0.1) is 6.92 Å². The van der Waals surface area contributed by atoms with Gasteiger partial charge >= 0.3 is 0 Å². The molecule has 0 fully saturated rings. The molecule has 0 saturated heterocycles. The number of ether oxygens (including phenoxy) is 2. The molecule has 0 amide bonds. The summed E-state index contributed by atoms with van der Waals surface area (Å²) in [7, 11) is 1.65. The van der Waals surface area contributed by atoms with Crippen molar-refractivity contribution >= 4 is 15.9 Å². The van der Waals surface area contributed by atoms with E-state index in [9.17, 15) is 0 Å². The van der Waals surface area contributed by atoms with Gasteiger partial charge in [0, 0.05) is 12.7 Å². The number of para-hydroxylation sites is 1. The van der Waals surface area contributed by atoms with Crippen LogP contribution < -0.4 is 4.74 Å².